The van der Waals surface area contributed by atoms with Gasteiger partial charge < -0.3 is 20.8 Å². The summed E-state index contributed by atoms with van der Waals surface area (Å²) in [5, 5.41) is 0. The summed E-state index contributed by atoms with van der Waals surface area (Å²) in [4.78, 5) is 24.3. The van der Waals surface area contributed by atoms with E-state index >= 15 is 0 Å². The lowest BCUT2D eigenvalue weighted by molar-refractivity contribution is 0.0910. The Morgan fingerprint density at radius 3 is 2.64 bits per heavy atom. The number of Topliss-reactive ketones (excluding diaryl/α,β-unsaturated/α-hetero) is 1. The van der Waals surface area contributed by atoms with Crippen LogP contribution in [-0.2, 0) is 6.42 Å². The fourth-order valence-electron chi connectivity index (χ4n) is 3.88. The average Bonchev–Trinajstić information content (AvgIpc) is 2.93. The van der Waals surface area contributed by atoms with Crippen molar-refractivity contribution in [2.24, 2.45) is 16.9 Å². The monoisotopic (exact) mass is 383 g/mol. The average molecular weight is 383 g/mol. The van der Waals surface area contributed by atoms with Crippen LogP contribution in [0.25, 0.3) is 5.69 Å². The van der Waals surface area contributed by atoms with Crippen LogP contribution in [0.5, 0.6) is 5.75 Å². The zero-order valence-corrected chi connectivity index (χ0v) is 16.9. The first-order valence-electron chi connectivity index (χ1n) is 9.75. The fraction of sp³-hybridized carbons (Fsp3) is 0.455. The molecule has 0 atom stereocenters. The zero-order chi connectivity index (χ0) is 20.5. The van der Waals surface area contributed by atoms with Crippen LogP contribution in [0.15, 0.2) is 24.3 Å². The molecule has 3 rings (SSSR count). The number of primary amides is 1. The number of unbranched alkanes of at least 4 members (excludes halogenated alkanes) is 1. The van der Waals surface area contributed by atoms with Gasteiger partial charge in [-0.15, -0.1) is 0 Å². The van der Waals surface area contributed by atoms with E-state index in [1.54, 1.807) is 12.1 Å². The van der Waals surface area contributed by atoms with Gasteiger partial charge in [0.2, 0.25) is 5.91 Å². The Bertz CT molecular complexity index is 912. The van der Waals surface area contributed by atoms with E-state index in [0.717, 1.165) is 41.9 Å². The standard InChI is InChI=1S/C22H29N3O3/c1-14-10-16-18(12-22(2,3)13-19(16)26)25(14)17-7-6-15(21(24)27)11-20(17)28-9-5-4-8-23/h6-7,10-11H,4-5,8-9,12-13,23H2,1-3H3,(H2,24,27). The molecule has 2 aromatic rings. The summed E-state index contributed by atoms with van der Waals surface area (Å²) in [7, 11) is 0. The molecule has 0 radical (unpaired) electrons. The Morgan fingerprint density at radius 1 is 1.21 bits per heavy atom. The normalized spacial score (nSPS) is 15.4. The predicted molar refractivity (Wildman–Crippen MR) is 109 cm³/mol. The highest BCUT2D eigenvalue weighted by molar-refractivity contribution is 5.99. The van der Waals surface area contributed by atoms with Crippen molar-refractivity contribution in [1.29, 1.82) is 0 Å². The molecule has 4 N–H and O–H groups in total. The van der Waals surface area contributed by atoms with Crippen molar-refractivity contribution in [3.8, 4) is 11.4 Å². The molecule has 1 aromatic heterocycles. The number of hydrogen-bond acceptors (Lipinski definition) is 4. The SMILES string of the molecule is Cc1cc2c(n1-c1ccc(C(N)=O)cc1OCCCCN)CC(C)(C)CC2=O. The first kappa shape index (κ1) is 20.1. The third kappa shape index (κ3) is 3.97. The van der Waals surface area contributed by atoms with E-state index in [1.807, 2.05) is 19.1 Å². The topological polar surface area (TPSA) is 100 Å². The maximum Gasteiger partial charge on any atom is 0.248 e. The molecule has 0 saturated heterocycles. The largest absolute Gasteiger partial charge is 0.491 e. The van der Waals surface area contributed by atoms with Crippen LogP contribution in [0.1, 0.15) is 65.2 Å². The molecule has 6 nitrogen and oxygen atoms in total. The van der Waals surface area contributed by atoms with E-state index in [2.05, 4.69) is 18.4 Å². The number of ketones is 1. The number of nitrogens with zero attached hydrogens (tertiary/aromatic N) is 1. The maximum atomic E-state index is 12.7. The molecular weight excluding hydrogens is 354 g/mol. The van der Waals surface area contributed by atoms with Crippen LogP contribution in [0.3, 0.4) is 0 Å². The summed E-state index contributed by atoms with van der Waals surface area (Å²) < 4.78 is 8.09. The second-order valence-electron chi connectivity index (χ2n) is 8.31. The van der Waals surface area contributed by atoms with Gasteiger partial charge in [0.05, 0.1) is 12.3 Å². The lowest BCUT2D eigenvalue weighted by atomic mass is 9.76. The number of amides is 1. The number of hydrogen-bond donors (Lipinski definition) is 2. The van der Waals surface area contributed by atoms with E-state index in [4.69, 9.17) is 16.2 Å². The first-order chi connectivity index (χ1) is 13.2. The number of fused-ring (bicyclic) bond motifs is 1. The summed E-state index contributed by atoms with van der Waals surface area (Å²) in [6.45, 7) is 7.32. The van der Waals surface area contributed by atoms with Gasteiger partial charge in [0.15, 0.2) is 5.78 Å². The molecule has 0 unspecified atom stereocenters. The molecule has 0 fully saturated rings. The Hall–Kier alpha value is -2.60. The molecule has 0 spiro atoms. The van der Waals surface area contributed by atoms with E-state index < -0.39 is 5.91 Å². The highest BCUT2D eigenvalue weighted by Gasteiger charge is 2.34. The van der Waals surface area contributed by atoms with Gasteiger partial charge >= 0.3 is 0 Å². The number of rotatable bonds is 7. The van der Waals surface area contributed by atoms with Gasteiger partial charge in [-0.1, -0.05) is 13.8 Å². The van der Waals surface area contributed by atoms with Crippen LogP contribution >= 0.6 is 0 Å². The summed E-state index contributed by atoms with van der Waals surface area (Å²) in [6.07, 6.45) is 3.04. The molecule has 0 bridgehead atoms. The van der Waals surface area contributed by atoms with Crippen molar-refractivity contribution < 1.29 is 14.3 Å². The minimum Gasteiger partial charge on any atom is -0.491 e. The van der Waals surface area contributed by atoms with Gasteiger partial charge in [-0.05, 0) is 62.4 Å². The summed E-state index contributed by atoms with van der Waals surface area (Å²) in [5.74, 6) is 0.263. The first-order valence-corrected chi connectivity index (χ1v) is 9.75. The molecule has 150 valence electrons. The van der Waals surface area contributed by atoms with Gasteiger partial charge in [0.1, 0.15) is 5.75 Å². The minimum absolute atomic E-state index is 0.0953. The van der Waals surface area contributed by atoms with Crippen LogP contribution in [0.4, 0.5) is 0 Å². The minimum atomic E-state index is -0.499. The Morgan fingerprint density at radius 2 is 1.96 bits per heavy atom. The molecular formula is C22H29N3O3. The smallest absolute Gasteiger partial charge is 0.248 e. The third-order valence-corrected chi connectivity index (χ3v) is 5.21. The number of benzene rings is 1. The van der Waals surface area contributed by atoms with Crippen molar-refractivity contribution in [1.82, 2.24) is 4.57 Å². The van der Waals surface area contributed by atoms with Crippen LogP contribution in [0.2, 0.25) is 0 Å². The fourth-order valence-corrected chi connectivity index (χ4v) is 3.88. The Balaban J connectivity index is 2.08. The van der Waals surface area contributed by atoms with Crippen molar-refractivity contribution in [2.75, 3.05) is 13.2 Å². The highest BCUT2D eigenvalue weighted by atomic mass is 16.5. The molecule has 6 heteroatoms. The molecule has 0 saturated carbocycles. The van der Waals surface area contributed by atoms with Crippen LogP contribution in [0, 0.1) is 12.3 Å². The lowest BCUT2D eigenvalue weighted by Gasteiger charge is -2.30. The number of carbonyl (C=O) groups excluding carboxylic acids is 2. The number of aromatic nitrogens is 1. The Kier molecular flexibility index (Phi) is 5.61. The number of carbonyl (C=O) groups is 2. The quantitative estimate of drug-likeness (QED) is 0.717. The van der Waals surface area contributed by atoms with Gasteiger partial charge in [-0.2, -0.15) is 0 Å². The van der Waals surface area contributed by atoms with Crippen molar-refractivity contribution in [3.63, 3.8) is 0 Å². The number of nitrogens with two attached hydrogens (primary N) is 2. The molecule has 1 heterocycles. The molecule has 0 aliphatic heterocycles. The molecule has 1 aliphatic carbocycles. The maximum absolute atomic E-state index is 12.7. The van der Waals surface area contributed by atoms with E-state index in [9.17, 15) is 9.59 Å². The molecule has 1 aliphatic rings. The van der Waals surface area contributed by atoms with Gasteiger partial charge in [-0.3, -0.25) is 9.59 Å². The van der Waals surface area contributed by atoms with E-state index in [0.29, 0.717) is 30.9 Å². The van der Waals surface area contributed by atoms with Crippen molar-refractivity contribution in [2.45, 2.75) is 46.5 Å². The number of ether oxygens (including phenoxy) is 1. The third-order valence-electron chi connectivity index (χ3n) is 5.21. The second-order valence-corrected chi connectivity index (χ2v) is 8.31. The van der Waals surface area contributed by atoms with E-state index in [-0.39, 0.29) is 11.2 Å². The molecule has 1 aromatic carbocycles. The molecule has 28 heavy (non-hydrogen) atoms. The van der Waals surface area contributed by atoms with Gasteiger partial charge in [0, 0.05) is 28.9 Å². The molecule has 1 amide bonds. The van der Waals surface area contributed by atoms with Gasteiger partial charge in [-0.25, -0.2) is 0 Å². The summed E-state index contributed by atoms with van der Waals surface area (Å²) in [5.41, 5.74) is 14.9. The second kappa shape index (κ2) is 7.80. The van der Waals surface area contributed by atoms with Crippen LogP contribution < -0.4 is 16.2 Å². The highest BCUT2D eigenvalue weighted by Crippen LogP contribution is 2.39. The van der Waals surface area contributed by atoms with Crippen molar-refractivity contribution >= 4 is 11.7 Å². The van der Waals surface area contributed by atoms with Crippen LogP contribution in [-0.4, -0.2) is 29.4 Å². The van der Waals surface area contributed by atoms with E-state index in [1.165, 1.54) is 0 Å². The van der Waals surface area contributed by atoms with Crippen molar-refractivity contribution in [3.05, 3.63) is 46.8 Å². The Labute approximate surface area is 165 Å². The number of aryl methyl sites for hydroxylation is 1. The lowest BCUT2D eigenvalue weighted by Crippen LogP contribution is -2.28. The summed E-state index contributed by atoms with van der Waals surface area (Å²) in [6, 6.07) is 7.18. The van der Waals surface area contributed by atoms with Gasteiger partial charge in [0.25, 0.3) is 0 Å². The summed E-state index contributed by atoms with van der Waals surface area (Å²) >= 11 is 0. The predicted octanol–water partition coefficient (Wildman–Crippen LogP) is 3.16. The zero-order valence-electron chi connectivity index (χ0n) is 16.9.